The van der Waals surface area contributed by atoms with E-state index in [0.29, 0.717) is 11.3 Å². The van der Waals surface area contributed by atoms with Crippen molar-refractivity contribution in [1.29, 1.82) is 0 Å². The van der Waals surface area contributed by atoms with E-state index in [4.69, 9.17) is 14.2 Å². The average Bonchev–Trinajstić information content (AvgIpc) is 3.16. The number of esters is 1. The second-order valence-electron chi connectivity index (χ2n) is 12.5. The number of hydrogen-bond acceptors (Lipinski definition) is 6. The van der Waals surface area contributed by atoms with Crippen molar-refractivity contribution >= 4 is 5.97 Å². The third-order valence-corrected chi connectivity index (χ3v) is 10.8. The molecule has 4 fully saturated rings. The summed E-state index contributed by atoms with van der Waals surface area (Å²) in [5, 5.41) is 21.1. The number of aliphatic hydroxyl groups is 2. The summed E-state index contributed by atoms with van der Waals surface area (Å²) in [5.41, 5.74) is 2.14. The Balaban J connectivity index is 1.28. The van der Waals surface area contributed by atoms with E-state index < -0.39 is 36.7 Å². The molecule has 6 nitrogen and oxygen atoms in total. The molecule has 0 radical (unpaired) electrons. The van der Waals surface area contributed by atoms with Gasteiger partial charge in [0.1, 0.15) is 12.2 Å². The zero-order valence-electron chi connectivity index (χ0n) is 21.8. The third-order valence-electron chi connectivity index (χ3n) is 10.8. The lowest BCUT2D eigenvalue weighted by Crippen LogP contribution is -2.59. The molecule has 0 aromatic rings. The van der Waals surface area contributed by atoms with Gasteiger partial charge in [0.25, 0.3) is 0 Å². The number of allylic oxidation sites excluding steroid dienone is 2. The van der Waals surface area contributed by atoms with Gasteiger partial charge < -0.3 is 24.4 Å². The van der Waals surface area contributed by atoms with E-state index in [1.807, 2.05) is 0 Å². The fraction of sp³-hybridized carbons (Fsp3) is 0.828. The Morgan fingerprint density at radius 2 is 1.91 bits per heavy atom. The summed E-state index contributed by atoms with van der Waals surface area (Å²) in [7, 11) is 0. The van der Waals surface area contributed by atoms with Crippen LogP contribution < -0.4 is 0 Å². The molecule has 3 saturated carbocycles. The molecule has 0 bridgehead atoms. The smallest absolute Gasteiger partial charge is 0.303 e. The van der Waals surface area contributed by atoms with E-state index in [2.05, 4.69) is 32.6 Å². The Bertz CT molecular complexity index is 869. The molecule has 1 heterocycles. The van der Waals surface area contributed by atoms with Gasteiger partial charge in [0.2, 0.25) is 0 Å². The molecule has 1 saturated heterocycles. The lowest BCUT2D eigenvalue weighted by atomic mass is 9.47. The van der Waals surface area contributed by atoms with Crippen LogP contribution in [0.5, 0.6) is 0 Å². The van der Waals surface area contributed by atoms with Crippen LogP contribution in [0.4, 0.5) is 0 Å². The zero-order valence-corrected chi connectivity index (χ0v) is 21.8. The Hall–Kier alpha value is -1.21. The van der Waals surface area contributed by atoms with Crippen molar-refractivity contribution in [2.45, 2.75) is 116 Å². The van der Waals surface area contributed by atoms with Gasteiger partial charge in [0, 0.05) is 6.92 Å². The minimum absolute atomic E-state index is 0.0589. The van der Waals surface area contributed by atoms with E-state index in [0.717, 1.165) is 43.4 Å². The first-order valence-corrected chi connectivity index (χ1v) is 13.7. The molecule has 2 N–H and O–H groups in total. The van der Waals surface area contributed by atoms with Crippen LogP contribution in [0.15, 0.2) is 24.3 Å². The highest BCUT2D eigenvalue weighted by Gasteiger charge is 2.58. The third kappa shape index (κ3) is 4.13. The lowest BCUT2D eigenvalue weighted by molar-refractivity contribution is -0.307. The van der Waals surface area contributed by atoms with Crippen LogP contribution in [-0.2, 0) is 19.0 Å². The Morgan fingerprint density at radius 3 is 2.63 bits per heavy atom. The molecular weight excluding hydrogens is 444 g/mol. The van der Waals surface area contributed by atoms with Crippen LogP contribution in [0.2, 0.25) is 0 Å². The van der Waals surface area contributed by atoms with E-state index in [-0.39, 0.29) is 11.5 Å². The Morgan fingerprint density at radius 1 is 1.14 bits per heavy atom. The minimum atomic E-state index is -1.22. The second kappa shape index (κ2) is 9.27. The molecule has 6 heteroatoms. The molecule has 1 aliphatic heterocycles. The van der Waals surface area contributed by atoms with Gasteiger partial charge >= 0.3 is 5.97 Å². The zero-order chi connectivity index (χ0) is 25.1. The number of aliphatic hydroxyl groups excluding tert-OH is 2. The molecule has 5 rings (SSSR count). The summed E-state index contributed by atoms with van der Waals surface area (Å²) in [6.45, 7) is 12.1. The highest BCUT2D eigenvalue weighted by atomic mass is 16.7. The summed E-state index contributed by atoms with van der Waals surface area (Å²) in [5.74, 6) is 2.41. The van der Waals surface area contributed by atoms with Crippen LogP contribution in [0.1, 0.15) is 79.1 Å². The maximum Gasteiger partial charge on any atom is 0.303 e. The first-order valence-electron chi connectivity index (χ1n) is 13.7. The SMILES string of the molecule is C=C[C@H]1CC[C@H]2[C@@H]3CC=C4C[C@@H](O[C@@H]5O[C@@H](C)[C@@H](O)[C@H](OC(C)=O)[C@@H]5O)CC[C@]4(C)[C@H]3CC[C@]12C. The number of carbonyl (C=O) groups is 1. The van der Waals surface area contributed by atoms with Gasteiger partial charge in [-0.1, -0.05) is 31.6 Å². The first-order chi connectivity index (χ1) is 16.6. The summed E-state index contributed by atoms with van der Waals surface area (Å²) in [6.07, 6.45) is 9.02. The average molecular weight is 489 g/mol. The van der Waals surface area contributed by atoms with Gasteiger partial charge in [-0.3, -0.25) is 4.79 Å². The standard InChI is InChI=1S/C29H44O6/c1-6-18-8-10-22-21-9-7-19-15-20(11-13-29(19,5)23(21)12-14-28(18,22)4)35-27-25(32)26(34-17(3)30)24(31)16(2)33-27/h6-7,16,18,20-27,31-32H,1,8-15H2,2-5H3/t16-,18-,20-,21-,22-,23-,24+,25-,26-,27-,28+,29-/m0/s1. The maximum absolute atomic E-state index is 11.5. The number of hydrogen-bond donors (Lipinski definition) is 2. The van der Waals surface area contributed by atoms with Crippen LogP contribution in [-0.4, -0.2) is 53.0 Å². The molecule has 0 aromatic heterocycles. The van der Waals surface area contributed by atoms with Gasteiger partial charge in [0.05, 0.1) is 12.2 Å². The number of fused-ring (bicyclic) bond motifs is 5. The predicted octanol–water partition coefficient (Wildman–Crippen LogP) is 4.53. The van der Waals surface area contributed by atoms with Gasteiger partial charge in [-0.2, -0.15) is 0 Å². The number of rotatable bonds is 4. The molecular formula is C29H44O6. The normalized spacial score (nSPS) is 51.4. The van der Waals surface area contributed by atoms with Crippen LogP contribution >= 0.6 is 0 Å². The highest BCUT2D eigenvalue weighted by molar-refractivity contribution is 5.66. The summed E-state index contributed by atoms with van der Waals surface area (Å²) < 4.78 is 17.3. The van der Waals surface area contributed by atoms with Crippen molar-refractivity contribution in [1.82, 2.24) is 0 Å². The molecule has 35 heavy (non-hydrogen) atoms. The highest BCUT2D eigenvalue weighted by Crippen LogP contribution is 2.66. The molecule has 12 atom stereocenters. The predicted molar refractivity (Wildman–Crippen MR) is 132 cm³/mol. The van der Waals surface area contributed by atoms with Crippen molar-refractivity contribution in [2.75, 3.05) is 0 Å². The molecule has 5 aliphatic rings. The van der Waals surface area contributed by atoms with Crippen LogP contribution in [0.3, 0.4) is 0 Å². The maximum atomic E-state index is 11.5. The quantitative estimate of drug-likeness (QED) is 0.447. The van der Waals surface area contributed by atoms with Gasteiger partial charge in [0.15, 0.2) is 12.4 Å². The second-order valence-corrected chi connectivity index (χ2v) is 12.5. The van der Waals surface area contributed by atoms with E-state index in [1.165, 1.54) is 38.2 Å². The molecule has 0 spiro atoms. The fourth-order valence-corrected chi connectivity index (χ4v) is 8.80. The molecule has 0 aromatic carbocycles. The minimum Gasteiger partial charge on any atom is -0.457 e. The fourth-order valence-electron chi connectivity index (χ4n) is 8.80. The van der Waals surface area contributed by atoms with Crippen molar-refractivity contribution < 1.29 is 29.2 Å². The molecule has 0 unspecified atom stereocenters. The number of carbonyl (C=O) groups excluding carboxylic acids is 1. The summed E-state index contributed by atoms with van der Waals surface area (Å²) in [6, 6.07) is 0. The van der Waals surface area contributed by atoms with Crippen LogP contribution in [0.25, 0.3) is 0 Å². The Labute approximate surface area is 210 Å². The van der Waals surface area contributed by atoms with Crippen molar-refractivity contribution in [2.24, 2.45) is 34.5 Å². The van der Waals surface area contributed by atoms with Gasteiger partial charge in [-0.15, -0.1) is 6.58 Å². The molecule has 4 aliphatic carbocycles. The topological polar surface area (TPSA) is 85.2 Å². The monoisotopic (exact) mass is 488 g/mol. The van der Waals surface area contributed by atoms with Crippen LogP contribution in [0, 0.1) is 34.5 Å². The molecule has 196 valence electrons. The van der Waals surface area contributed by atoms with Crippen molar-refractivity contribution in [3.05, 3.63) is 24.3 Å². The lowest BCUT2D eigenvalue weighted by Gasteiger charge is -2.58. The van der Waals surface area contributed by atoms with E-state index in [9.17, 15) is 15.0 Å². The van der Waals surface area contributed by atoms with Gasteiger partial charge in [-0.25, -0.2) is 0 Å². The van der Waals surface area contributed by atoms with Gasteiger partial charge in [-0.05, 0) is 92.8 Å². The molecule has 0 amide bonds. The Kier molecular flexibility index (Phi) is 6.74. The van der Waals surface area contributed by atoms with E-state index >= 15 is 0 Å². The summed E-state index contributed by atoms with van der Waals surface area (Å²) in [4.78, 5) is 11.5. The van der Waals surface area contributed by atoms with E-state index in [1.54, 1.807) is 6.92 Å². The summed E-state index contributed by atoms with van der Waals surface area (Å²) >= 11 is 0. The largest absolute Gasteiger partial charge is 0.457 e. The first kappa shape index (κ1) is 25.4. The number of ether oxygens (including phenoxy) is 3. The van der Waals surface area contributed by atoms with Crippen molar-refractivity contribution in [3.8, 4) is 0 Å². The van der Waals surface area contributed by atoms with Crippen molar-refractivity contribution in [3.63, 3.8) is 0 Å².